The van der Waals surface area contributed by atoms with Crippen LogP contribution < -0.4 is 20.8 Å². The monoisotopic (exact) mass is 430 g/mol. The Kier molecular flexibility index (Phi) is 19.1. The second-order valence-corrected chi connectivity index (χ2v) is 9.91. The number of carbonyl (C=O) groups is 1. The van der Waals surface area contributed by atoms with Crippen molar-refractivity contribution in [3.8, 4) is 0 Å². The van der Waals surface area contributed by atoms with E-state index in [0.717, 1.165) is 64.7 Å². The van der Waals surface area contributed by atoms with E-state index in [4.69, 9.17) is 5.73 Å². The van der Waals surface area contributed by atoms with Crippen LogP contribution in [0.4, 0.5) is 0 Å². The van der Waals surface area contributed by atoms with Gasteiger partial charge in [-0.25, -0.2) is 0 Å². The molecule has 0 aromatic heterocycles. The number of rotatable bonds is 15. The fraction of sp³-hybridized carbons (Fsp3) is 0.938. The Hall–Kier alpha value is -0.270. The molecule has 0 saturated heterocycles. The average molecular weight is 430 g/mol. The van der Waals surface area contributed by atoms with Crippen LogP contribution in [0.2, 0.25) is 0 Å². The number of unbranched alkanes of at least 4 members (excludes halogenated alkanes) is 6. The van der Waals surface area contributed by atoms with Crippen LogP contribution in [0.1, 0.15) is 58.3 Å². The third-order valence-corrected chi connectivity index (χ3v) is 4.50. The van der Waals surface area contributed by atoms with Gasteiger partial charge < -0.3 is 39.0 Å². The van der Waals surface area contributed by atoms with E-state index in [-0.39, 0.29) is 12.5 Å². The Morgan fingerprint density at radius 1 is 0.852 bits per heavy atom. The molecule has 164 valence electrons. The highest BCUT2D eigenvalue weighted by Crippen LogP contribution is 2.31. The smallest absolute Gasteiger partial charge is 0.216 e. The van der Waals surface area contributed by atoms with Crippen LogP contribution in [0.3, 0.4) is 0 Å². The quantitative estimate of drug-likeness (QED) is 0.293. The predicted octanol–water partition coefficient (Wildman–Crippen LogP) is 1.59. The van der Waals surface area contributed by atoms with Crippen LogP contribution in [0.5, 0.6) is 0 Å². The van der Waals surface area contributed by atoms with Crippen molar-refractivity contribution >= 4 is 21.1 Å². The molecule has 0 spiro atoms. The lowest BCUT2D eigenvalue weighted by molar-refractivity contribution is -0.197. The third kappa shape index (κ3) is 33.7. The summed E-state index contributed by atoms with van der Waals surface area (Å²) in [6, 6.07) is 0. The lowest BCUT2D eigenvalue weighted by Crippen LogP contribution is -2.20. The molecule has 0 heterocycles. The van der Waals surface area contributed by atoms with Crippen molar-refractivity contribution in [1.82, 2.24) is 5.32 Å². The number of nitrogens with one attached hydrogen (secondary N) is 1. The van der Waals surface area contributed by atoms with E-state index >= 15 is 0 Å². The summed E-state index contributed by atoms with van der Waals surface area (Å²) in [4.78, 5) is 31.6. The van der Waals surface area contributed by atoms with Crippen molar-refractivity contribution in [2.24, 2.45) is 5.73 Å². The lowest BCUT2D eigenvalue weighted by Gasteiger charge is -2.17. The Morgan fingerprint density at radius 2 is 1.26 bits per heavy atom. The van der Waals surface area contributed by atoms with Gasteiger partial charge in [-0.1, -0.05) is 25.7 Å². The molecule has 0 bridgehead atoms. The predicted molar refractivity (Wildman–Crippen MR) is 104 cm³/mol. The van der Waals surface area contributed by atoms with E-state index in [9.17, 15) is 23.7 Å². The van der Waals surface area contributed by atoms with E-state index < -0.39 is 15.2 Å². The summed E-state index contributed by atoms with van der Waals surface area (Å²) in [5, 5.41) is 2.70. The fourth-order valence-electron chi connectivity index (χ4n) is 1.91. The highest BCUT2D eigenvalue weighted by Gasteiger charge is 1.98. The maximum atomic E-state index is 10.6. The standard InChI is InChI=1S/C9H20NO4P.C7H18NO3P/c1-9(11)10-7-5-3-4-6-8-14-15(2,12)13;1-12(9,10)11-7-5-3-2-4-6-8/h3-8H2,1-2H3,(H,10,11)(H,12,13);2-8H2,1H3,(H,9,10)/p-2. The minimum Gasteiger partial charge on any atom is -0.779 e. The van der Waals surface area contributed by atoms with Gasteiger partial charge in [-0.15, -0.1) is 0 Å². The minimum atomic E-state index is -3.55. The van der Waals surface area contributed by atoms with Gasteiger partial charge in [-0.3, -0.25) is 4.79 Å². The van der Waals surface area contributed by atoms with E-state index in [1.54, 1.807) is 0 Å². The van der Waals surface area contributed by atoms with E-state index in [1.165, 1.54) is 6.92 Å². The van der Waals surface area contributed by atoms with Gasteiger partial charge in [0, 0.05) is 26.8 Å². The summed E-state index contributed by atoms with van der Waals surface area (Å²) >= 11 is 0. The molecular weight excluding hydrogens is 394 g/mol. The molecule has 0 aliphatic heterocycles. The van der Waals surface area contributed by atoms with Crippen molar-refractivity contribution < 1.29 is 32.8 Å². The summed E-state index contributed by atoms with van der Waals surface area (Å²) in [6.45, 7) is 5.61. The second kappa shape index (κ2) is 17.8. The zero-order chi connectivity index (χ0) is 21.2. The van der Waals surface area contributed by atoms with Crippen molar-refractivity contribution in [2.75, 3.05) is 39.6 Å². The summed E-state index contributed by atoms with van der Waals surface area (Å²) in [6.07, 6.45) is 7.36. The molecule has 0 rings (SSSR count). The van der Waals surface area contributed by atoms with E-state index in [2.05, 4.69) is 14.4 Å². The first kappa shape index (κ1) is 28.9. The molecule has 0 radical (unpaired) electrons. The molecule has 9 nitrogen and oxygen atoms in total. The van der Waals surface area contributed by atoms with Gasteiger partial charge in [0.25, 0.3) is 0 Å². The van der Waals surface area contributed by atoms with Crippen LogP contribution in [0.15, 0.2) is 0 Å². The molecule has 11 heteroatoms. The van der Waals surface area contributed by atoms with Crippen molar-refractivity contribution in [3.63, 3.8) is 0 Å². The first-order valence-corrected chi connectivity index (χ1v) is 13.3. The van der Waals surface area contributed by atoms with Gasteiger partial charge in [0.05, 0.1) is 13.2 Å². The first-order chi connectivity index (χ1) is 12.5. The van der Waals surface area contributed by atoms with Crippen molar-refractivity contribution in [2.45, 2.75) is 58.3 Å². The zero-order valence-electron chi connectivity index (χ0n) is 16.8. The highest BCUT2D eigenvalue weighted by atomic mass is 31.2. The van der Waals surface area contributed by atoms with Crippen LogP contribution in [-0.4, -0.2) is 45.5 Å². The van der Waals surface area contributed by atoms with Gasteiger partial charge in [0.1, 0.15) is 15.2 Å². The average Bonchev–Trinajstić information content (AvgIpc) is 2.51. The van der Waals surface area contributed by atoms with Gasteiger partial charge in [-0.05, 0) is 32.2 Å². The van der Waals surface area contributed by atoms with E-state index in [1.807, 2.05) is 0 Å². The molecule has 2 atom stereocenters. The summed E-state index contributed by atoms with van der Waals surface area (Å²) < 4.78 is 30.3. The molecule has 3 N–H and O–H groups in total. The number of hydrogen-bond donors (Lipinski definition) is 2. The zero-order valence-corrected chi connectivity index (χ0v) is 18.6. The molecule has 0 aliphatic rings. The molecule has 0 aromatic rings. The maximum Gasteiger partial charge on any atom is 0.216 e. The van der Waals surface area contributed by atoms with E-state index in [0.29, 0.717) is 19.7 Å². The number of hydrogen-bond acceptors (Lipinski definition) is 8. The first-order valence-electron chi connectivity index (χ1n) is 9.28. The maximum absolute atomic E-state index is 10.6. The van der Waals surface area contributed by atoms with Crippen molar-refractivity contribution in [3.05, 3.63) is 0 Å². The van der Waals surface area contributed by atoms with Gasteiger partial charge in [0.2, 0.25) is 5.91 Å². The van der Waals surface area contributed by atoms with Crippen LogP contribution in [0, 0.1) is 0 Å². The van der Waals surface area contributed by atoms with Gasteiger partial charge >= 0.3 is 0 Å². The molecule has 1 amide bonds. The Bertz CT molecular complexity index is 452. The van der Waals surface area contributed by atoms with Gasteiger partial charge in [-0.2, -0.15) is 0 Å². The number of carbonyl (C=O) groups excluding carboxylic acids is 1. The summed E-state index contributed by atoms with van der Waals surface area (Å²) in [5.74, 6) is -0.0170. The fourth-order valence-corrected chi connectivity index (χ4v) is 2.83. The number of nitrogens with two attached hydrogens (primary N) is 1. The SMILES string of the molecule is CC(=O)NCCCCCCOP(C)(=O)[O-].CP(=O)([O-])OCCCCCCN. The van der Waals surface area contributed by atoms with Crippen LogP contribution in [-0.2, 0) is 23.0 Å². The molecule has 0 aliphatic carbocycles. The van der Waals surface area contributed by atoms with Crippen LogP contribution >= 0.6 is 15.2 Å². The number of amides is 1. The largest absolute Gasteiger partial charge is 0.779 e. The topological polar surface area (TPSA) is 154 Å². The Labute approximate surface area is 163 Å². The molecule has 0 aromatic carbocycles. The highest BCUT2D eigenvalue weighted by molar-refractivity contribution is 7.50. The Morgan fingerprint density at radius 3 is 1.63 bits per heavy atom. The third-order valence-electron chi connectivity index (χ3n) is 3.20. The summed E-state index contributed by atoms with van der Waals surface area (Å²) in [7, 11) is -7.04. The lowest BCUT2D eigenvalue weighted by atomic mass is 10.2. The molecule has 0 fully saturated rings. The van der Waals surface area contributed by atoms with Crippen molar-refractivity contribution in [1.29, 1.82) is 0 Å². The molecule has 2 unspecified atom stereocenters. The molecular formula is C16H36N2O7P2-2. The normalized spacial score (nSPS) is 15.2. The summed E-state index contributed by atoms with van der Waals surface area (Å²) in [5.41, 5.74) is 5.29. The minimum absolute atomic E-state index is 0.0170. The molecule has 0 saturated carbocycles. The molecule has 27 heavy (non-hydrogen) atoms. The van der Waals surface area contributed by atoms with Crippen LogP contribution in [0.25, 0.3) is 0 Å². The second-order valence-electron chi connectivity index (χ2n) is 6.31. The van der Waals surface area contributed by atoms with Gasteiger partial charge in [0.15, 0.2) is 0 Å². The Balaban J connectivity index is 0.